The van der Waals surface area contributed by atoms with Crippen LogP contribution in [0.5, 0.6) is 0 Å². The van der Waals surface area contributed by atoms with Crippen LogP contribution in [0.1, 0.15) is 81.0 Å². The summed E-state index contributed by atoms with van der Waals surface area (Å²) in [4.78, 5) is 70.0. The molecule has 0 bridgehead atoms. The van der Waals surface area contributed by atoms with E-state index in [1.807, 2.05) is 69.3 Å². The van der Waals surface area contributed by atoms with Gasteiger partial charge < -0.3 is 35.4 Å². The van der Waals surface area contributed by atoms with Gasteiger partial charge in [-0.05, 0) is 59.8 Å². The summed E-state index contributed by atoms with van der Waals surface area (Å²) in [6.45, 7) is 9.95. The second-order valence-corrected chi connectivity index (χ2v) is 15.8. The highest BCUT2D eigenvalue weighted by atomic mass is 16.6. The molecule has 2 aromatic carbocycles. The summed E-state index contributed by atoms with van der Waals surface area (Å²) in [6, 6.07) is 13.1. The molecule has 2 heterocycles. The number of aliphatic carboxylic acids is 1. The van der Waals surface area contributed by atoms with Gasteiger partial charge >= 0.3 is 18.1 Å². The zero-order chi connectivity index (χ0) is 37.4. The molecule has 4 aliphatic rings. The molecule has 12 nitrogen and oxygen atoms in total. The number of benzene rings is 2. The highest BCUT2D eigenvalue weighted by molar-refractivity contribution is 5.95. The van der Waals surface area contributed by atoms with E-state index in [4.69, 9.17) is 4.74 Å². The minimum absolute atomic E-state index is 0.0385. The monoisotopic (exact) mass is 714 g/mol. The number of amides is 4. The Hall–Kier alpha value is -4.71. The summed E-state index contributed by atoms with van der Waals surface area (Å²) in [5.41, 5.74) is 2.22. The van der Waals surface area contributed by atoms with Gasteiger partial charge in [0.05, 0.1) is 18.7 Å². The molecule has 52 heavy (non-hydrogen) atoms. The van der Waals surface area contributed by atoms with Crippen molar-refractivity contribution >= 4 is 29.8 Å². The Bertz CT molecular complexity index is 1740. The number of rotatable bonds is 11. The maximum Gasteiger partial charge on any atom is 0.410 e. The summed E-state index contributed by atoms with van der Waals surface area (Å²) < 4.78 is 5.88. The number of carboxylic acids is 1. The molecule has 1 unspecified atom stereocenters. The predicted octanol–water partition coefficient (Wildman–Crippen LogP) is 4.33. The number of hydrogen-bond donors (Lipinski definition) is 4. The van der Waals surface area contributed by atoms with Gasteiger partial charge in [-0.15, -0.1) is 6.58 Å². The van der Waals surface area contributed by atoms with Crippen molar-refractivity contribution in [1.29, 1.82) is 0 Å². The van der Waals surface area contributed by atoms with Crippen molar-refractivity contribution in [3.8, 4) is 0 Å². The quantitative estimate of drug-likeness (QED) is 0.250. The van der Waals surface area contributed by atoms with Crippen LogP contribution < -0.4 is 10.6 Å². The highest BCUT2D eigenvalue weighted by Gasteiger charge is 2.61. The molecule has 2 aliphatic heterocycles. The second kappa shape index (κ2) is 14.7. The van der Waals surface area contributed by atoms with Crippen molar-refractivity contribution in [2.45, 2.75) is 108 Å². The second-order valence-electron chi connectivity index (χ2n) is 15.8. The first-order valence-electron chi connectivity index (χ1n) is 18.3. The molecule has 6 rings (SSSR count). The number of nitrogens with zero attached hydrogens (tertiary/aromatic N) is 2. The van der Waals surface area contributed by atoms with Crippen LogP contribution in [0.25, 0.3) is 0 Å². The summed E-state index contributed by atoms with van der Waals surface area (Å²) in [5.74, 6) is -2.57. The molecule has 278 valence electrons. The van der Waals surface area contributed by atoms with Crippen LogP contribution in [0.4, 0.5) is 9.59 Å². The maximum absolute atomic E-state index is 14.1. The van der Waals surface area contributed by atoms with E-state index in [0.29, 0.717) is 38.8 Å². The molecular formula is C40H50N4O8. The number of ether oxygens (including phenoxy) is 1. The largest absolute Gasteiger partial charge is 0.479 e. The summed E-state index contributed by atoms with van der Waals surface area (Å²) in [5, 5.41) is 26.2. The van der Waals surface area contributed by atoms with Crippen molar-refractivity contribution in [2.24, 2.45) is 11.3 Å². The Labute approximate surface area is 304 Å². The number of aliphatic hydroxyl groups excluding tert-OH is 1. The van der Waals surface area contributed by atoms with Crippen molar-refractivity contribution < 1.29 is 38.9 Å². The van der Waals surface area contributed by atoms with Gasteiger partial charge in [-0.3, -0.25) is 9.59 Å². The average Bonchev–Trinajstić information content (AvgIpc) is 3.51. The van der Waals surface area contributed by atoms with Gasteiger partial charge in [0.1, 0.15) is 17.7 Å². The number of carbonyl (C=O) groups is 5. The predicted molar refractivity (Wildman–Crippen MR) is 192 cm³/mol. The van der Waals surface area contributed by atoms with E-state index >= 15 is 0 Å². The lowest BCUT2D eigenvalue weighted by Gasteiger charge is -2.33. The number of Topliss-reactive ketones (excluding diaryl/α,β-unsaturated/α-hetero) is 1. The van der Waals surface area contributed by atoms with Crippen molar-refractivity contribution in [2.75, 3.05) is 13.1 Å². The zero-order valence-electron chi connectivity index (χ0n) is 30.2. The first-order valence-corrected chi connectivity index (χ1v) is 18.3. The topological polar surface area (TPSA) is 166 Å². The number of aliphatic hydroxyl groups is 1. The van der Waals surface area contributed by atoms with Crippen molar-refractivity contribution in [1.82, 2.24) is 20.4 Å². The third kappa shape index (κ3) is 7.58. The number of urea groups is 1. The van der Waals surface area contributed by atoms with Crippen molar-refractivity contribution in [3.63, 3.8) is 0 Å². The average molecular weight is 715 g/mol. The smallest absolute Gasteiger partial charge is 0.410 e. The highest BCUT2D eigenvalue weighted by Crippen LogP contribution is 2.45. The number of fused-ring (bicyclic) bond motifs is 2. The van der Waals surface area contributed by atoms with Gasteiger partial charge in [0.2, 0.25) is 5.91 Å². The summed E-state index contributed by atoms with van der Waals surface area (Å²) >= 11 is 0. The first-order chi connectivity index (χ1) is 24.7. The standard InChI is InChI=1S/C40H50N4O8/c1-5-27-21-40(27,36(48)49)42-35(47)31-20-28(52-38(51)43-18-17-24-11-6-7-13-26(24)22-43)23-44(31)37(50)41-34(39(2,3)4)32(45)16-10-15-30-29-14-9-8-12-25(29)19-33(30)46/h5-9,11-14,27-28,30-31,33-34,46H,1,10,15-23H2,2-4H3,(H,41,50)(H,42,47)(H,48,49)/t27-,28-,30?,31+,33-,34-,40-/m1/s1. The van der Waals surface area contributed by atoms with Crippen LogP contribution in [0.3, 0.4) is 0 Å². The number of carbonyl (C=O) groups excluding carboxylic acids is 4. The van der Waals surface area contributed by atoms with Crippen LogP contribution in [-0.2, 0) is 38.5 Å². The molecular weight excluding hydrogens is 664 g/mol. The Morgan fingerprint density at radius 2 is 1.75 bits per heavy atom. The minimum atomic E-state index is -1.52. The normalized spacial score (nSPS) is 26.8. The van der Waals surface area contributed by atoms with Gasteiger partial charge in [-0.1, -0.05) is 75.4 Å². The SMILES string of the molecule is C=C[C@@H]1C[C@]1(NC(=O)[C@@H]1C[C@@H](OC(=O)N2CCc3ccccc3C2)CN1C(=O)N[C@H](C(=O)CCCC1c2ccccc2C[C@H]1O)C(C)(C)C)C(=O)O. The molecule has 2 aliphatic carbocycles. The molecule has 7 atom stereocenters. The fourth-order valence-corrected chi connectivity index (χ4v) is 8.17. The van der Waals surface area contributed by atoms with E-state index in [-0.39, 0.29) is 37.5 Å². The molecule has 1 saturated carbocycles. The van der Waals surface area contributed by atoms with E-state index in [0.717, 1.165) is 16.7 Å². The van der Waals surface area contributed by atoms with E-state index in [1.54, 1.807) is 4.90 Å². The molecule has 1 saturated heterocycles. The van der Waals surface area contributed by atoms with Gasteiger partial charge in [-0.25, -0.2) is 14.4 Å². The molecule has 12 heteroatoms. The third-order valence-electron chi connectivity index (χ3n) is 11.3. The number of carboxylic acid groups (broad SMARTS) is 1. The lowest BCUT2D eigenvalue weighted by molar-refractivity contribution is -0.144. The van der Waals surface area contributed by atoms with Gasteiger partial charge in [0.25, 0.3) is 0 Å². The fourth-order valence-electron chi connectivity index (χ4n) is 8.17. The molecule has 2 fully saturated rings. The number of likely N-dealkylation sites (tertiary alicyclic amines) is 1. The van der Waals surface area contributed by atoms with Crippen LogP contribution in [0.15, 0.2) is 61.2 Å². The van der Waals surface area contributed by atoms with Crippen LogP contribution in [-0.4, -0.2) is 92.7 Å². The first kappa shape index (κ1) is 37.1. The minimum Gasteiger partial charge on any atom is -0.479 e. The number of hydrogen-bond acceptors (Lipinski definition) is 7. The Morgan fingerprint density at radius 3 is 2.42 bits per heavy atom. The molecule has 4 N–H and O–H groups in total. The number of nitrogens with one attached hydrogen (secondary N) is 2. The molecule has 0 aromatic heterocycles. The van der Waals surface area contributed by atoms with E-state index in [1.165, 1.54) is 16.5 Å². The van der Waals surface area contributed by atoms with E-state index in [9.17, 15) is 34.2 Å². The Morgan fingerprint density at radius 1 is 1.06 bits per heavy atom. The lowest BCUT2D eigenvalue weighted by Crippen LogP contribution is -2.58. The van der Waals surface area contributed by atoms with Gasteiger partial charge in [0, 0.05) is 37.8 Å². The summed E-state index contributed by atoms with van der Waals surface area (Å²) in [7, 11) is 0. The maximum atomic E-state index is 14.1. The Kier molecular flexibility index (Phi) is 10.5. The fraction of sp³-hybridized carbons (Fsp3) is 0.525. The van der Waals surface area contributed by atoms with E-state index < -0.39 is 65.2 Å². The zero-order valence-corrected chi connectivity index (χ0v) is 30.2. The third-order valence-corrected chi connectivity index (χ3v) is 11.3. The van der Waals surface area contributed by atoms with Crippen LogP contribution >= 0.6 is 0 Å². The molecule has 0 spiro atoms. The van der Waals surface area contributed by atoms with Crippen LogP contribution in [0, 0.1) is 11.3 Å². The van der Waals surface area contributed by atoms with Crippen molar-refractivity contribution in [3.05, 3.63) is 83.4 Å². The molecule has 0 radical (unpaired) electrons. The van der Waals surface area contributed by atoms with Gasteiger partial charge in [0.15, 0.2) is 5.78 Å². The summed E-state index contributed by atoms with van der Waals surface area (Å²) in [6.07, 6.45) is 2.30. The van der Waals surface area contributed by atoms with Crippen LogP contribution in [0.2, 0.25) is 0 Å². The molecule has 4 amide bonds. The number of ketones is 1. The Balaban J connectivity index is 1.14. The molecule has 2 aromatic rings. The van der Waals surface area contributed by atoms with Gasteiger partial charge in [-0.2, -0.15) is 0 Å². The van der Waals surface area contributed by atoms with E-state index in [2.05, 4.69) is 17.2 Å². The lowest BCUT2D eigenvalue weighted by atomic mass is 9.82.